The topological polar surface area (TPSA) is 47.3 Å². The summed E-state index contributed by atoms with van der Waals surface area (Å²) in [6.45, 7) is 0.887. The maximum atomic E-state index is 5.74. The minimum absolute atomic E-state index is 0.333. The lowest BCUT2D eigenvalue weighted by Gasteiger charge is -2.34. The quantitative estimate of drug-likeness (QED) is 0.546. The maximum Gasteiger partial charge on any atom is 0.0832 e. The van der Waals surface area contributed by atoms with Gasteiger partial charge in [-0.25, -0.2) is 0 Å². The molecule has 2 atom stereocenters. The monoisotopic (exact) mass is 216 g/mol. The van der Waals surface area contributed by atoms with E-state index in [1.54, 1.807) is 0 Å². The first kappa shape index (κ1) is 10.7. The van der Waals surface area contributed by atoms with Gasteiger partial charge in [-0.05, 0) is 12.3 Å². The van der Waals surface area contributed by atoms with Gasteiger partial charge in [-0.1, -0.05) is 19.3 Å². The van der Waals surface area contributed by atoms with Gasteiger partial charge in [0.15, 0.2) is 0 Å². The SMILES string of the molecule is NNC(CC1CCC1)C1CSCCO1. The second kappa shape index (κ2) is 5.35. The number of ether oxygens (including phenoxy) is 1. The molecule has 1 saturated heterocycles. The van der Waals surface area contributed by atoms with Crippen LogP contribution in [0.1, 0.15) is 25.7 Å². The van der Waals surface area contributed by atoms with Gasteiger partial charge in [-0.15, -0.1) is 0 Å². The molecule has 0 spiro atoms. The van der Waals surface area contributed by atoms with Crippen LogP contribution < -0.4 is 11.3 Å². The average molecular weight is 216 g/mol. The Bertz CT molecular complexity index is 170. The first-order valence-electron chi connectivity index (χ1n) is 5.55. The molecule has 1 saturated carbocycles. The van der Waals surface area contributed by atoms with Crippen molar-refractivity contribution in [2.24, 2.45) is 11.8 Å². The van der Waals surface area contributed by atoms with Crippen molar-refractivity contribution in [3.63, 3.8) is 0 Å². The molecule has 0 aromatic heterocycles. The van der Waals surface area contributed by atoms with Gasteiger partial charge in [0, 0.05) is 17.5 Å². The van der Waals surface area contributed by atoms with Gasteiger partial charge in [-0.2, -0.15) is 11.8 Å². The van der Waals surface area contributed by atoms with Crippen molar-refractivity contribution in [1.29, 1.82) is 0 Å². The highest BCUT2D eigenvalue weighted by molar-refractivity contribution is 7.99. The van der Waals surface area contributed by atoms with Crippen molar-refractivity contribution in [3.8, 4) is 0 Å². The third kappa shape index (κ3) is 2.63. The Morgan fingerprint density at radius 2 is 2.36 bits per heavy atom. The van der Waals surface area contributed by atoms with E-state index in [2.05, 4.69) is 5.43 Å². The number of nitrogens with two attached hydrogens (primary N) is 1. The minimum Gasteiger partial charge on any atom is -0.375 e. The second-order valence-corrected chi connectivity index (χ2v) is 5.44. The fourth-order valence-electron chi connectivity index (χ4n) is 2.15. The van der Waals surface area contributed by atoms with E-state index in [4.69, 9.17) is 10.6 Å². The summed E-state index contributed by atoms with van der Waals surface area (Å²) < 4.78 is 5.74. The normalized spacial score (nSPS) is 31.1. The Balaban J connectivity index is 1.77. The van der Waals surface area contributed by atoms with Crippen LogP contribution in [-0.2, 0) is 4.74 Å². The zero-order valence-electron chi connectivity index (χ0n) is 8.58. The molecule has 2 fully saturated rings. The number of hydrazine groups is 1. The van der Waals surface area contributed by atoms with E-state index >= 15 is 0 Å². The Morgan fingerprint density at radius 1 is 1.50 bits per heavy atom. The zero-order chi connectivity index (χ0) is 9.80. The van der Waals surface area contributed by atoms with Crippen LogP contribution in [0.2, 0.25) is 0 Å². The van der Waals surface area contributed by atoms with Crippen molar-refractivity contribution in [2.45, 2.75) is 37.8 Å². The molecule has 4 heteroatoms. The summed E-state index contributed by atoms with van der Waals surface area (Å²) in [5.41, 5.74) is 2.93. The molecule has 3 N–H and O–H groups in total. The molecule has 3 nitrogen and oxygen atoms in total. The van der Waals surface area contributed by atoms with E-state index in [0.29, 0.717) is 12.1 Å². The molecule has 0 aromatic rings. The summed E-state index contributed by atoms with van der Waals surface area (Å²) in [7, 11) is 0. The van der Waals surface area contributed by atoms with E-state index in [-0.39, 0.29) is 0 Å². The molecule has 14 heavy (non-hydrogen) atoms. The average Bonchev–Trinajstić information content (AvgIpc) is 2.18. The van der Waals surface area contributed by atoms with E-state index in [0.717, 1.165) is 24.0 Å². The summed E-state index contributed by atoms with van der Waals surface area (Å²) in [5, 5.41) is 0. The van der Waals surface area contributed by atoms with Gasteiger partial charge in [-0.3, -0.25) is 11.3 Å². The summed E-state index contributed by atoms with van der Waals surface area (Å²) >= 11 is 1.98. The Kier molecular flexibility index (Phi) is 4.10. The Hall–Kier alpha value is 0.230. The van der Waals surface area contributed by atoms with Gasteiger partial charge >= 0.3 is 0 Å². The van der Waals surface area contributed by atoms with Crippen LogP contribution >= 0.6 is 11.8 Å². The molecule has 1 aliphatic heterocycles. The highest BCUT2D eigenvalue weighted by Gasteiger charge is 2.28. The first-order valence-corrected chi connectivity index (χ1v) is 6.71. The lowest BCUT2D eigenvalue weighted by molar-refractivity contribution is 0.0357. The van der Waals surface area contributed by atoms with Crippen molar-refractivity contribution in [2.75, 3.05) is 18.1 Å². The Morgan fingerprint density at radius 3 is 2.86 bits per heavy atom. The van der Waals surface area contributed by atoms with E-state index in [1.165, 1.54) is 25.7 Å². The van der Waals surface area contributed by atoms with Crippen LogP contribution in [0.4, 0.5) is 0 Å². The second-order valence-electron chi connectivity index (χ2n) is 4.29. The smallest absolute Gasteiger partial charge is 0.0832 e. The third-order valence-corrected chi connectivity index (χ3v) is 4.34. The lowest BCUT2D eigenvalue weighted by atomic mass is 9.80. The van der Waals surface area contributed by atoms with Gasteiger partial charge in [0.25, 0.3) is 0 Å². The van der Waals surface area contributed by atoms with Gasteiger partial charge in [0.05, 0.1) is 12.7 Å². The van der Waals surface area contributed by atoms with Crippen LogP contribution in [-0.4, -0.2) is 30.3 Å². The lowest BCUT2D eigenvalue weighted by Crippen LogP contribution is -2.49. The largest absolute Gasteiger partial charge is 0.375 e. The van der Waals surface area contributed by atoms with E-state index in [1.807, 2.05) is 11.8 Å². The molecular weight excluding hydrogens is 196 g/mol. The van der Waals surface area contributed by atoms with Crippen LogP contribution in [0.25, 0.3) is 0 Å². The summed E-state index contributed by atoms with van der Waals surface area (Å²) in [6, 6.07) is 0.369. The molecule has 1 aliphatic carbocycles. The number of hydrogen-bond acceptors (Lipinski definition) is 4. The van der Waals surface area contributed by atoms with Gasteiger partial charge < -0.3 is 4.74 Å². The molecule has 2 unspecified atom stereocenters. The molecule has 0 bridgehead atoms. The zero-order valence-corrected chi connectivity index (χ0v) is 9.39. The van der Waals surface area contributed by atoms with Crippen molar-refractivity contribution in [1.82, 2.24) is 5.43 Å². The summed E-state index contributed by atoms with van der Waals surface area (Å²) in [5.74, 6) is 8.72. The van der Waals surface area contributed by atoms with Gasteiger partial charge in [0.2, 0.25) is 0 Å². The minimum atomic E-state index is 0.333. The van der Waals surface area contributed by atoms with E-state index < -0.39 is 0 Å². The summed E-state index contributed by atoms with van der Waals surface area (Å²) in [6.07, 6.45) is 5.71. The standard InChI is InChI=1S/C10H20N2OS/c11-12-9(6-8-2-1-3-8)10-7-14-5-4-13-10/h8-10,12H,1-7,11H2. The van der Waals surface area contributed by atoms with Crippen LogP contribution in [0.15, 0.2) is 0 Å². The number of rotatable bonds is 4. The molecule has 82 valence electrons. The summed E-state index contributed by atoms with van der Waals surface area (Å²) in [4.78, 5) is 0. The van der Waals surface area contributed by atoms with Crippen LogP contribution in [0.3, 0.4) is 0 Å². The first-order chi connectivity index (χ1) is 6.90. The predicted octanol–water partition coefficient (Wildman–Crippen LogP) is 1.14. The van der Waals surface area contributed by atoms with Crippen molar-refractivity contribution >= 4 is 11.8 Å². The van der Waals surface area contributed by atoms with Crippen LogP contribution in [0, 0.1) is 5.92 Å². The molecule has 0 aromatic carbocycles. The van der Waals surface area contributed by atoms with Crippen LogP contribution in [0.5, 0.6) is 0 Å². The molecule has 2 aliphatic rings. The number of thioether (sulfide) groups is 1. The van der Waals surface area contributed by atoms with E-state index in [9.17, 15) is 0 Å². The fourth-order valence-corrected chi connectivity index (χ4v) is 3.09. The molecule has 1 heterocycles. The molecular formula is C10H20N2OS. The molecule has 0 amide bonds. The van der Waals surface area contributed by atoms with Crippen molar-refractivity contribution in [3.05, 3.63) is 0 Å². The molecule has 0 radical (unpaired) electrons. The fraction of sp³-hybridized carbons (Fsp3) is 1.00. The number of nitrogens with one attached hydrogen (secondary N) is 1. The predicted molar refractivity (Wildman–Crippen MR) is 60.1 cm³/mol. The van der Waals surface area contributed by atoms with Gasteiger partial charge in [0.1, 0.15) is 0 Å². The maximum absolute atomic E-state index is 5.74. The van der Waals surface area contributed by atoms with Crippen molar-refractivity contribution < 1.29 is 4.74 Å². The third-order valence-electron chi connectivity index (χ3n) is 3.32. The highest BCUT2D eigenvalue weighted by atomic mass is 32.2. The molecule has 2 rings (SSSR count). The highest BCUT2D eigenvalue weighted by Crippen LogP contribution is 2.32. The Labute approximate surface area is 90.1 Å². The number of hydrogen-bond donors (Lipinski definition) is 2.